The van der Waals surface area contributed by atoms with Gasteiger partial charge in [0.2, 0.25) is 15.9 Å². The van der Waals surface area contributed by atoms with Crippen LogP contribution in [-0.4, -0.2) is 69.1 Å². The molecule has 0 saturated carbocycles. The van der Waals surface area contributed by atoms with Gasteiger partial charge in [-0.2, -0.15) is 4.31 Å². The first kappa shape index (κ1) is 21.2. The Kier molecular flexibility index (Phi) is 6.11. The monoisotopic (exact) mass is 432 g/mol. The molecule has 0 bridgehead atoms. The molecule has 10 heteroatoms. The summed E-state index contributed by atoms with van der Waals surface area (Å²) in [6.07, 6.45) is 1.52. The van der Waals surface area contributed by atoms with E-state index in [1.54, 1.807) is 11.8 Å². The molecule has 2 fully saturated rings. The first-order valence-corrected chi connectivity index (χ1v) is 12.7. The molecule has 2 aliphatic rings. The Morgan fingerprint density at radius 2 is 1.93 bits per heavy atom. The second-order valence-corrected chi connectivity index (χ2v) is 11.5. The zero-order valence-corrected chi connectivity index (χ0v) is 17.4. The van der Waals surface area contributed by atoms with Crippen molar-refractivity contribution in [3.05, 3.63) is 30.1 Å². The molecular formula is C18H25FN2O5S2. The second-order valence-electron chi connectivity index (χ2n) is 7.34. The molecule has 0 N–H and O–H groups in total. The highest BCUT2D eigenvalue weighted by Crippen LogP contribution is 2.27. The van der Waals surface area contributed by atoms with Crippen LogP contribution in [0.5, 0.6) is 0 Å². The van der Waals surface area contributed by atoms with E-state index in [-0.39, 0.29) is 34.9 Å². The van der Waals surface area contributed by atoms with Crippen molar-refractivity contribution in [3.8, 4) is 0 Å². The third kappa shape index (κ3) is 4.38. The average Bonchev–Trinajstić information content (AvgIpc) is 3.02. The Morgan fingerprint density at radius 1 is 1.25 bits per heavy atom. The van der Waals surface area contributed by atoms with Crippen LogP contribution < -0.4 is 0 Å². The van der Waals surface area contributed by atoms with Crippen LogP contribution in [0.4, 0.5) is 4.39 Å². The van der Waals surface area contributed by atoms with Crippen molar-refractivity contribution in [1.82, 2.24) is 9.21 Å². The van der Waals surface area contributed by atoms with Gasteiger partial charge in [0.05, 0.1) is 22.3 Å². The van der Waals surface area contributed by atoms with E-state index in [2.05, 4.69) is 0 Å². The van der Waals surface area contributed by atoms with Crippen molar-refractivity contribution in [2.45, 2.75) is 37.1 Å². The largest absolute Gasteiger partial charge is 0.339 e. The summed E-state index contributed by atoms with van der Waals surface area (Å²) in [5.74, 6) is -1.17. The molecule has 0 unspecified atom stereocenters. The van der Waals surface area contributed by atoms with Gasteiger partial charge in [-0.3, -0.25) is 4.79 Å². The van der Waals surface area contributed by atoms with Crippen LogP contribution in [0, 0.1) is 11.7 Å². The number of nitrogens with zero attached hydrogens (tertiary/aromatic N) is 2. The van der Waals surface area contributed by atoms with Crippen LogP contribution in [0.15, 0.2) is 29.2 Å². The van der Waals surface area contributed by atoms with Gasteiger partial charge >= 0.3 is 0 Å². The number of hydrogen-bond donors (Lipinski definition) is 0. The van der Waals surface area contributed by atoms with E-state index in [1.165, 1.54) is 16.4 Å². The van der Waals surface area contributed by atoms with Crippen molar-refractivity contribution in [3.63, 3.8) is 0 Å². The molecule has 156 valence electrons. The summed E-state index contributed by atoms with van der Waals surface area (Å²) < 4.78 is 63.6. The first-order chi connectivity index (χ1) is 13.1. The molecule has 0 spiro atoms. The molecule has 1 amide bonds. The number of halogens is 1. The molecular weight excluding hydrogens is 407 g/mol. The molecule has 0 radical (unpaired) electrons. The summed E-state index contributed by atoms with van der Waals surface area (Å²) in [6, 6.07) is 4.29. The van der Waals surface area contributed by atoms with Gasteiger partial charge in [0.1, 0.15) is 5.82 Å². The predicted octanol–water partition coefficient (Wildman–Crippen LogP) is 1.26. The van der Waals surface area contributed by atoms with Crippen LogP contribution in [-0.2, 0) is 24.7 Å². The maximum Gasteiger partial charge on any atom is 0.243 e. The smallest absolute Gasteiger partial charge is 0.243 e. The Hall–Kier alpha value is -1.52. The van der Waals surface area contributed by atoms with Crippen molar-refractivity contribution >= 4 is 25.8 Å². The highest BCUT2D eigenvalue weighted by Gasteiger charge is 2.39. The Bertz CT molecular complexity index is 931. The predicted molar refractivity (Wildman–Crippen MR) is 102 cm³/mol. The van der Waals surface area contributed by atoms with Gasteiger partial charge in [0.25, 0.3) is 0 Å². The highest BCUT2D eigenvalue weighted by atomic mass is 32.2. The van der Waals surface area contributed by atoms with Gasteiger partial charge in [0, 0.05) is 25.7 Å². The van der Waals surface area contributed by atoms with E-state index in [9.17, 15) is 26.0 Å². The molecule has 7 nitrogen and oxygen atoms in total. The van der Waals surface area contributed by atoms with E-state index in [0.29, 0.717) is 32.4 Å². The van der Waals surface area contributed by atoms with Gasteiger partial charge in [-0.1, -0.05) is 0 Å². The standard InChI is InChI=1S/C18H25FN2O5S2/c1-2-21(16-9-11-27(23,24)13-16)18(22)14-4-3-10-20(12-14)28(25,26)17-7-5-15(19)6-8-17/h5-8,14,16H,2-4,9-13H2,1H3/t14-,16+/m0/s1. The summed E-state index contributed by atoms with van der Waals surface area (Å²) in [5.41, 5.74) is 0. The summed E-state index contributed by atoms with van der Waals surface area (Å²) in [4.78, 5) is 14.6. The molecule has 0 aromatic heterocycles. The molecule has 1 aromatic rings. The molecule has 1 aromatic carbocycles. The van der Waals surface area contributed by atoms with Crippen LogP contribution in [0.1, 0.15) is 26.2 Å². The molecule has 2 saturated heterocycles. The van der Waals surface area contributed by atoms with E-state index >= 15 is 0 Å². The number of carbonyl (C=O) groups excluding carboxylic acids is 1. The fraction of sp³-hybridized carbons (Fsp3) is 0.611. The summed E-state index contributed by atoms with van der Waals surface area (Å²) in [6.45, 7) is 2.54. The van der Waals surface area contributed by atoms with Crippen LogP contribution in [0.25, 0.3) is 0 Å². The quantitative estimate of drug-likeness (QED) is 0.699. The maximum atomic E-state index is 13.1. The van der Waals surface area contributed by atoms with Gasteiger partial charge in [-0.15, -0.1) is 0 Å². The minimum absolute atomic E-state index is 0.00349. The van der Waals surface area contributed by atoms with E-state index < -0.39 is 31.6 Å². The topological polar surface area (TPSA) is 91.8 Å². The maximum absolute atomic E-state index is 13.1. The lowest BCUT2D eigenvalue weighted by atomic mass is 9.97. The summed E-state index contributed by atoms with van der Waals surface area (Å²) >= 11 is 0. The van der Waals surface area contributed by atoms with Gasteiger partial charge in [-0.25, -0.2) is 21.2 Å². The lowest BCUT2D eigenvalue weighted by Gasteiger charge is -2.36. The van der Waals surface area contributed by atoms with Crippen molar-refractivity contribution in [2.24, 2.45) is 5.92 Å². The normalized spacial score (nSPS) is 25.5. The van der Waals surface area contributed by atoms with Crippen molar-refractivity contribution < 1.29 is 26.0 Å². The van der Waals surface area contributed by atoms with Gasteiger partial charge in [0.15, 0.2) is 9.84 Å². The van der Waals surface area contributed by atoms with Crippen LogP contribution in [0.2, 0.25) is 0 Å². The number of sulfone groups is 1. The fourth-order valence-electron chi connectivity index (χ4n) is 3.97. The number of rotatable bonds is 5. The first-order valence-electron chi connectivity index (χ1n) is 9.40. The average molecular weight is 433 g/mol. The van der Waals surface area contributed by atoms with Crippen molar-refractivity contribution in [1.29, 1.82) is 0 Å². The Morgan fingerprint density at radius 3 is 2.50 bits per heavy atom. The number of carbonyl (C=O) groups is 1. The van der Waals surface area contributed by atoms with E-state index in [4.69, 9.17) is 0 Å². The Labute approximate surface area is 165 Å². The Balaban J connectivity index is 1.75. The molecule has 2 heterocycles. The molecule has 3 rings (SSSR count). The molecule has 0 aliphatic carbocycles. The lowest BCUT2D eigenvalue weighted by molar-refractivity contribution is -0.138. The molecule has 2 aliphatic heterocycles. The van der Waals surface area contributed by atoms with Gasteiger partial charge in [-0.05, 0) is 50.5 Å². The third-order valence-corrected chi connectivity index (χ3v) is 9.09. The zero-order chi connectivity index (χ0) is 20.5. The number of benzene rings is 1. The summed E-state index contributed by atoms with van der Waals surface area (Å²) in [7, 11) is -6.93. The molecule has 28 heavy (non-hydrogen) atoms. The number of hydrogen-bond acceptors (Lipinski definition) is 5. The van der Waals surface area contributed by atoms with E-state index in [1.807, 2.05) is 0 Å². The highest BCUT2D eigenvalue weighted by molar-refractivity contribution is 7.91. The number of piperidine rings is 1. The van der Waals surface area contributed by atoms with Crippen molar-refractivity contribution in [2.75, 3.05) is 31.1 Å². The zero-order valence-electron chi connectivity index (χ0n) is 15.8. The van der Waals surface area contributed by atoms with Gasteiger partial charge < -0.3 is 4.90 Å². The van der Waals surface area contributed by atoms with Crippen LogP contribution in [0.3, 0.4) is 0 Å². The number of amides is 1. The third-order valence-electron chi connectivity index (χ3n) is 5.46. The number of sulfonamides is 1. The SMILES string of the molecule is CCN(C(=O)[C@H]1CCCN(S(=O)(=O)c2ccc(F)cc2)C1)[C@@H]1CCS(=O)(=O)C1. The molecule has 2 atom stereocenters. The second kappa shape index (κ2) is 8.08. The van der Waals surface area contributed by atoms with E-state index in [0.717, 1.165) is 12.1 Å². The fourth-order valence-corrected chi connectivity index (χ4v) is 7.22. The minimum atomic E-state index is -3.82. The lowest BCUT2D eigenvalue weighted by Crippen LogP contribution is -2.49. The minimum Gasteiger partial charge on any atom is -0.339 e. The van der Waals surface area contributed by atoms with Crippen LogP contribution >= 0.6 is 0 Å². The summed E-state index contributed by atoms with van der Waals surface area (Å²) in [5, 5.41) is 0.